The Balaban J connectivity index is 2.53. The number of hydrogen-bond acceptors (Lipinski definition) is 9. The first-order valence-corrected chi connectivity index (χ1v) is 7.92. The molecular formula is C12H25NO7S. The average Bonchev–Trinajstić information content (AvgIpc) is 2.50. The van der Waals surface area contributed by atoms with E-state index in [9.17, 15) is 25.5 Å². The summed E-state index contributed by atoms with van der Waals surface area (Å²) in [6.45, 7) is 1.22. The van der Waals surface area contributed by atoms with Gasteiger partial charge in [0.15, 0.2) is 0 Å². The van der Waals surface area contributed by atoms with Crippen LogP contribution < -0.4 is 5.73 Å². The molecule has 0 aromatic carbocycles. The summed E-state index contributed by atoms with van der Waals surface area (Å²) in [4.78, 5) is 0. The second-order valence-electron chi connectivity index (χ2n) is 5.16. The first-order chi connectivity index (χ1) is 9.83. The minimum Gasteiger partial charge on any atom is -0.394 e. The van der Waals surface area contributed by atoms with E-state index in [0.29, 0.717) is 6.42 Å². The van der Waals surface area contributed by atoms with Gasteiger partial charge in [-0.3, -0.25) is 0 Å². The summed E-state index contributed by atoms with van der Waals surface area (Å²) < 4.78 is 5.30. The lowest BCUT2D eigenvalue weighted by Gasteiger charge is -2.40. The van der Waals surface area contributed by atoms with Gasteiger partial charge in [-0.2, -0.15) is 0 Å². The fourth-order valence-corrected chi connectivity index (χ4v) is 3.23. The van der Waals surface area contributed by atoms with Crippen molar-refractivity contribution >= 4 is 11.8 Å². The molecule has 8 atom stereocenters. The average molecular weight is 327 g/mol. The van der Waals surface area contributed by atoms with Gasteiger partial charge >= 0.3 is 0 Å². The van der Waals surface area contributed by atoms with Crippen LogP contribution in [0, 0.1) is 0 Å². The van der Waals surface area contributed by atoms with Crippen LogP contribution in [0.2, 0.25) is 0 Å². The smallest absolute Gasteiger partial charge is 0.132 e. The molecule has 8 N–H and O–H groups in total. The van der Waals surface area contributed by atoms with Crippen LogP contribution in [0.4, 0.5) is 0 Å². The Morgan fingerprint density at radius 3 is 2.29 bits per heavy atom. The summed E-state index contributed by atoms with van der Waals surface area (Å²) in [5.74, 6) is 0.168. The maximum atomic E-state index is 9.84. The second-order valence-corrected chi connectivity index (χ2v) is 6.29. The van der Waals surface area contributed by atoms with Crippen molar-refractivity contribution in [2.45, 2.75) is 61.4 Å². The van der Waals surface area contributed by atoms with Crippen molar-refractivity contribution in [3.05, 3.63) is 0 Å². The van der Waals surface area contributed by atoms with Gasteiger partial charge in [0.25, 0.3) is 0 Å². The summed E-state index contributed by atoms with van der Waals surface area (Å²) >= 11 is 1.04. The monoisotopic (exact) mass is 327 g/mol. The summed E-state index contributed by atoms with van der Waals surface area (Å²) in [7, 11) is 0. The molecule has 1 aliphatic rings. The second kappa shape index (κ2) is 8.61. The Kier molecular flexibility index (Phi) is 7.82. The van der Waals surface area contributed by atoms with Crippen LogP contribution in [0.1, 0.15) is 13.3 Å². The van der Waals surface area contributed by atoms with E-state index < -0.39 is 54.7 Å². The molecule has 0 amide bonds. The molecule has 1 rings (SSSR count). The number of hydrogen-bond donors (Lipinski definition) is 7. The lowest BCUT2D eigenvalue weighted by molar-refractivity contribution is -0.205. The first-order valence-electron chi connectivity index (χ1n) is 6.87. The van der Waals surface area contributed by atoms with Gasteiger partial charge in [0.1, 0.15) is 29.9 Å². The number of rotatable bonds is 7. The molecule has 1 saturated heterocycles. The van der Waals surface area contributed by atoms with Crippen LogP contribution in [0.3, 0.4) is 0 Å². The SMILES string of the molecule is CC[C@@H](O)[C@@H](O)[C@@H](N)CS[C@H]1OC(CO)[C@H](O)[C@H](O)C1O. The van der Waals surface area contributed by atoms with Crippen LogP contribution in [0.5, 0.6) is 0 Å². The van der Waals surface area contributed by atoms with Crippen LogP contribution in [0.15, 0.2) is 0 Å². The van der Waals surface area contributed by atoms with E-state index in [1.807, 2.05) is 0 Å². The molecule has 0 saturated carbocycles. The minimum absolute atomic E-state index is 0.168. The Hall–Kier alpha value is 0.0300. The first kappa shape index (κ1) is 19.1. The molecule has 2 unspecified atom stereocenters. The Labute approximate surface area is 127 Å². The van der Waals surface area contributed by atoms with Crippen molar-refractivity contribution in [1.82, 2.24) is 0 Å². The van der Waals surface area contributed by atoms with Gasteiger partial charge in [-0.1, -0.05) is 6.92 Å². The van der Waals surface area contributed by atoms with E-state index in [-0.39, 0.29) is 5.75 Å². The van der Waals surface area contributed by atoms with E-state index in [2.05, 4.69) is 0 Å². The third-order valence-electron chi connectivity index (χ3n) is 3.55. The third-order valence-corrected chi connectivity index (χ3v) is 4.85. The lowest BCUT2D eigenvalue weighted by atomic mass is 10.0. The topological polar surface area (TPSA) is 157 Å². The normalized spacial score (nSPS) is 38.0. The molecule has 8 nitrogen and oxygen atoms in total. The van der Waals surface area contributed by atoms with E-state index in [4.69, 9.17) is 15.6 Å². The zero-order chi connectivity index (χ0) is 16.2. The highest BCUT2D eigenvalue weighted by Crippen LogP contribution is 2.29. The van der Waals surface area contributed by atoms with Crippen molar-refractivity contribution in [3.8, 4) is 0 Å². The van der Waals surface area contributed by atoms with Gasteiger partial charge in [-0.05, 0) is 6.42 Å². The number of thioether (sulfide) groups is 1. The molecule has 21 heavy (non-hydrogen) atoms. The van der Waals surface area contributed by atoms with Gasteiger partial charge in [-0.25, -0.2) is 0 Å². The summed E-state index contributed by atoms with van der Waals surface area (Å²) in [5.41, 5.74) is 4.86. The van der Waals surface area contributed by atoms with Crippen molar-refractivity contribution in [3.63, 3.8) is 0 Å². The fourth-order valence-electron chi connectivity index (χ4n) is 2.04. The van der Waals surface area contributed by atoms with Crippen molar-refractivity contribution in [2.75, 3.05) is 12.4 Å². The van der Waals surface area contributed by atoms with E-state index in [1.54, 1.807) is 6.92 Å². The molecule has 1 fully saturated rings. The zero-order valence-corrected chi connectivity index (χ0v) is 12.6. The highest BCUT2D eigenvalue weighted by Gasteiger charge is 2.43. The van der Waals surface area contributed by atoms with Gasteiger partial charge in [0, 0.05) is 11.8 Å². The predicted octanol–water partition coefficient (Wildman–Crippen LogP) is -3.02. The molecule has 0 radical (unpaired) electrons. The van der Waals surface area contributed by atoms with Crippen molar-refractivity contribution < 1.29 is 35.4 Å². The Morgan fingerprint density at radius 2 is 1.76 bits per heavy atom. The molecule has 0 aromatic rings. The molecule has 9 heteroatoms. The molecule has 0 bridgehead atoms. The Bertz CT molecular complexity index is 309. The summed E-state index contributed by atoms with van der Waals surface area (Å²) in [5, 5.41) is 57.5. The number of aliphatic hydroxyl groups is 6. The van der Waals surface area contributed by atoms with Gasteiger partial charge in [0.05, 0.1) is 18.8 Å². The predicted molar refractivity (Wildman–Crippen MR) is 76.5 cm³/mol. The van der Waals surface area contributed by atoms with E-state index >= 15 is 0 Å². The van der Waals surface area contributed by atoms with E-state index in [0.717, 1.165) is 11.8 Å². The van der Waals surface area contributed by atoms with Crippen LogP contribution in [-0.4, -0.2) is 91.1 Å². The standard InChI is InChI=1S/C12H25NO7S/c1-2-6(15)8(16)5(13)4-21-12-11(19)10(18)9(17)7(3-14)20-12/h5-12,14-19H,2-4,13H2,1H3/t5-,6+,7?,8-,9-,10-,11?,12+/m0/s1. The van der Waals surface area contributed by atoms with E-state index in [1.165, 1.54) is 0 Å². The minimum atomic E-state index is -1.43. The molecule has 0 aromatic heterocycles. The fraction of sp³-hybridized carbons (Fsp3) is 1.00. The highest BCUT2D eigenvalue weighted by molar-refractivity contribution is 7.99. The molecular weight excluding hydrogens is 302 g/mol. The third kappa shape index (κ3) is 4.75. The molecule has 1 aliphatic heterocycles. The summed E-state index contributed by atoms with van der Waals surface area (Å²) in [6, 6.07) is -0.739. The molecule has 1 heterocycles. The lowest BCUT2D eigenvalue weighted by Crippen LogP contribution is -2.58. The molecule has 0 aliphatic carbocycles. The zero-order valence-electron chi connectivity index (χ0n) is 11.8. The Morgan fingerprint density at radius 1 is 1.14 bits per heavy atom. The maximum absolute atomic E-state index is 9.84. The van der Waals surface area contributed by atoms with Crippen LogP contribution in [0.25, 0.3) is 0 Å². The van der Waals surface area contributed by atoms with Gasteiger partial charge in [0.2, 0.25) is 0 Å². The van der Waals surface area contributed by atoms with Crippen molar-refractivity contribution in [2.24, 2.45) is 5.73 Å². The van der Waals surface area contributed by atoms with Crippen molar-refractivity contribution in [1.29, 1.82) is 0 Å². The van der Waals surface area contributed by atoms with Crippen LogP contribution in [-0.2, 0) is 4.74 Å². The van der Waals surface area contributed by atoms with Crippen LogP contribution >= 0.6 is 11.8 Å². The highest BCUT2D eigenvalue weighted by atomic mass is 32.2. The number of aliphatic hydroxyl groups excluding tert-OH is 6. The quantitative estimate of drug-likeness (QED) is 0.258. The molecule has 126 valence electrons. The largest absolute Gasteiger partial charge is 0.394 e. The number of ether oxygens (including phenoxy) is 1. The van der Waals surface area contributed by atoms with Gasteiger partial charge < -0.3 is 41.1 Å². The maximum Gasteiger partial charge on any atom is 0.132 e. The van der Waals surface area contributed by atoms with Gasteiger partial charge in [-0.15, -0.1) is 11.8 Å². The summed E-state index contributed by atoms with van der Waals surface area (Å²) in [6.07, 6.45) is -6.82. The number of nitrogens with two attached hydrogens (primary N) is 1. The molecule has 0 spiro atoms.